The van der Waals surface area contributed by atoms with Crippen molar-refractivity contribution in [2.45, 2.75) is 58.5 Å². The van der Waals surface area contributed by atoms with Crippen LogP contribution < -0.4 is 5.73 Å². The Morgan fingerprint density at radius 3 is 2.20 bits per heavy atom. The zero-order valence-electron chi connectivity index (χ0n) is 10.5. The molecule has 2 atom stereocenters. The van der Waals surface area contributed by atoms with E-state index in [1.807, 2.05) is 0 Å². The highest BCUT2D eigenvalue weighted by molar-refractivity contribution is 4.95. The van der Waals surface area contributed by atoms with Crippen molar-refractivity contribution in [3.05, 3.63) is 0 Å². The van der Waals surface area contributed by atoms with Crippen molar-refractivity contribution in [3.63, 3.8) is 0 Å². The van der Waals surface area contributed by atoms with Gasteiger partial charge >= 0.3 is 0 Å². The molecule has 1 saturated carbocycles. The molecular weight excluding hydrogens is 184 g/mol. The second kappa shape index (κ2) is 4.06. The molecule has 2 nitrogen and oxygen atoms in total. The third-order valence-electron chi connectivity index (χ3n) is 4.25. The Balaban J connectivity index is 2.00. The van der Waals surface area contributed by atoms with Gasteiger partial charge in [0.1, 0.15) is 0 Å². The van der Waals surface area contributed by atoms with Crippen LogP contribution in [0.3, 0.4) is 0 Å². The summed E-state index contributed by atoms with van der Waals surface area (Å²) >= 11 is 0. The summed E-state index contributed by atoms with van der Waals surface area (Å²) in [5.41, 5.74) is 6.35. The maximum Gasteiger partial charge on any atom is 0.0297 e. The Hall–Kier alpha value is -0.0800. The van der Waals surface area contributed by atoms with Gasteiger partial charge in [-0.05, 0) is 24.2 Å². The molecule has 0 aromatic heterocycles. The van der Waals surface area contributed by atoms with E-state index in [-0.39, 0.29) is 0 Å². The fourth-order valence-electron chi connectivity index (χ4n) is 3.38. The highest BCUT2D eigenvalue weighted by Crippen LogP contribution is 2.41. The second-order valence-electron chi connectivity index (χ2n) is 6.54. The van der Waals surface area contributed by atoms with Gasteiger partial charge in [0, 0.05) is 25.2 Å². The largest absolute Gasteiger partial charge is 0.325 e. The number of rotatable bonds is 1. The van der Waals surface area contributed by atoms with Gasteiger partial charge in [-0.3, -0.25) is 4.90 Å². The lowest BCUT2D eigenvalue weighted by Gasteiger charge is -2.51. The van der Waals surface area contributed by atoms with Crippen molar-refractivity contribution in [1.82, 2.24) is 4.90 Å². The van der Waals surface area contributed by atoms with Gasteiger partial charge in [0.15, 0.2) is 0 Å². The summed E-state index contributed by atoms with van der Waals surface area (Å²) in [4.78, 5) is 2.62. The van der Waals surface area contributed by atoms with Gasteiger partial charge in [-0.15, -0.1) is 0 Å². The summed E-state index contributed by atoms with van der Waals surface area (Å²) in [6.07, 6.45) is 5.66. The molecule has 0 aromatic carbocycles. The molecule has 88 valence electrons. The molecule has 1 aliphatic carbocycles. The molecule has 0 amide bonds. The summed E-state index contributed by atoms with van der Waals surface area (Å²) in [6.45, 7) is 9.47. The van der Waals surface area contributed by atoms with Crippen LogP contribution in [0.1, 0.15) is 46.5 Å². The van der Waals surface area contributed by atoms with Gasteiger partial charge in [-0.1, -0.05) is 33.6 Å². The molecule has 1 aliphatic heterocycles. The van der Waals surface area contributed by atoms with Gasteiger partial charge in [-0.2, -0.15) is 0 Å². The minimum atomic E-state index is 0.451. The van der Waals surface area contributed by atoms with Crippen LogP contribution in [0.5, 0.6) is 0 Å². The molecule has 2 unspecified atom stereocenters. The van der Waals surface area contributed by atoms with Crippen molar-refractivity contribution >= 4 is 0 Å². The summed E-state index contributed by atoms with van der Waals surface area (Å²) in [7, 11) is 0. The van der Waals surface area contributed by atoms with E-state index in [1.54, 1.807) is 0 Å². The first-order valence-corrected chi connectivity index (χ1v) is 6.48. The molecule has 0 radical (unpaired) electrons. The number of nitrogens with zero attached hydrogens (tertiary/aromatic N) is 1. The van der Waals surface area contributed by atoms with Crippen LogP contribution in [0, 0.1) is 11.3 Å². The average Bonchev–Trinajstić information content (AvgIpc) is 2.12. The fraction of sp³-hybridized carbons (Fsp3) is 1.00. The van der Waals surface area contributed by atoms with Crippen LogP contribution in [0.2, 0.25) is 0 Å². The molecule has 0 aromatic rings. The molecule has 2 N–H and O–H groups in total. The van der Waals surface area contributed by atoms with Crippen LogP contribution in [0.4, 0.5) is 0 Å². The van der Waals surface area contributed by atoms with Crippen molar-refractivity contribution in [2.75, 3.05) is 13.1 Å². The Morgan fingerprint density at radius 1 is 1.07 bits per heavy atom. The second-order valence-corrected chi connectivity index (χ2v) is 6.54. The summed E-state index contributed by atoms with van der Waals surface area (Å²) in [6, 6.07) is 1.27. The van der Waals surface area contributed by atoms with Crippen molar-refractivity contribution < 1.29 is 0 Å². The summed E-state index contributed by atoms with van der Waals surface area (Å²) in [5.74, 6) is 0.874. The Labute approximate surface area is 94.2 Å². The van der Waals surface area contributed by atoms with Crippen LogP contribution in [0.15, 0.2) is 0 Å². The zero-order valence-corrected chi connectivity index (χ0v) is 10.5. The highest BCUT2D eigenvalue weighted by Gasteiger charge is 2.40. The third-order valence-corrected chi connectivity index (χ3v) is 4.25. The Bertz CT molecular complexity index is 213. The van der Waals surface area contributed by atoms with E-state index >= 15 is 0 Å². The first-order chi connectivity index (χ1) is 6.98. The number of likely N-dealkylation sites (tertiary alicyclic amines) is 1. The van der Waals surface area contributed by atoms with Gasteiger partial charge in [0.05, 0.1) is 0 Å². The molecule has 2 rings (SSSR count). The standard InChI is InChI=1S/C13H26N2/c1-13(2,3)11-6-4-5-7-12(11)15-8-10(14)9-15/h10-12H,4-9,14H2,1-3H3. The van der Waals surface area contributed by atoms with Crippen molar-refractivity contribution in [2.24, 2.45) is 17.1 Å². The molecule has 0 bridgehead atoms. The van der Waals surface area contributed by atoms with E-state index in [0.717, 1.165) is 25.0 Å². The van der Waals surface area contributed by atoms with Crippen LogP contribution in [-0.2, 0) is 0 Å². The van der Waals surface area contributed by atoms with E-state index in [9.17, 15) is 0 Å². The maximum atomic E-state index is 5.89. The summed E-state index contributed by atoms with van der Waals surface area (Å²) < 4.78 is 0. The molecule has 2 fully saturated rings. The minimum absolute atomic E-state index is 0.451. The van der Waals surface area contributed by atoms with Crippen LogP contribution >= 0.6 is 0 Å². The molecule has 1 heterocycles. The van der Waals surface area contributed by atoms with Gasteiger partial charge in [0.25, 0.3) is 0 Å². The van der Waals surface area contributed by atoms with Gasteiger partial charge in [0.2, 0.25) is 0 Å². The van der Waals surface area contributed by atoms with Crippen LogP contribution in [0.25, 0.3) is 0 Å². The molecular formula is C13H26N2. The lowest BCUT2D eigenvalue weighted by Crippen LogP contribution is -2.62. The van der Waals surface area contributed by atoms with E-state index in [4.69, 9.17) is 5.73 Å². The van der Waals surface area contributed by atoms with E-state index in [0.29, 0.717) is 11.5 Å². The first kappa shape index (κ1) is 11.4. The van der Waals surface area contributed by atoms with E-state index in [1.165, 1.54) is 25.7 Å². The van der Waals surface area contributed by atoms with E-state index in [2.05, 4.69) is 25.7 Å². The molecule has 2 heteroatoms. The Morgan fingerprint density at radius 2 is 1.67 bits per heavy atom. The third kappa shape index (κ3) is 2.36. The molecule has 1 saturated heterocycles. The first-order valence-electron chi connectivity index (χ1n) is 6.48. The lowest BCUT2D eigenvalue weighted by atomic mass is 9.68. The predicted octanol–water partition coefficient (Wildman–Crippen LogP) is 2.23. The molecule has 15 heavy (non-hydrogen) atoms. The number of nitrogens with two attached hydrogens (primary N) is 1. The quantitative estimate of drug-likeness (QED) is 0.719. The lowest BCUT2D eigenvalue weighted by molar-refractivity contribution is -0.00332. The van der Waals surface area contributed by atoms with Crippen molar-refractivity contribution in [1.29, 1.82) is 0 Å². The monoisotopic (exact) mass is 210 g/mol. The van der Waals surface area contributed by atoms with Gasteiger partial charge in [-0.25, -0.2) is 0 Å². The Kier molecular flexibility index (Phi) is 3.09. The average molecular weight is 210 g/mol. The minimum Gasteiger partial charge on any atom is -0.325 e. The molecule has 2 aliphatic rings. The normalized spacial score (nSPS) is 35.2. The van der Waals surface area contributed by atoms with Gasteiger partial charge < -0.3 is 5.73 Å². The number of hydrogen-bond donors (Lipinski definition) is 1. The zero-order chi connectivity index (χ0) is 11.1. The van der Waals surface area contributed by atoms with E-state index < -0.39 is 0 Å². The highest BCUT2D eigenvalue weighted by atomic mass is 15.2. The van der Waals surface area contributed by atoms with Crippen LogP contribution in [-0.4, -0.2) is 30.1 Å². The maximum absolute atomic E-state index is 5.89. The SMILES string of the molecule is CC(C)(C)C1CCCCC1N1CC(N)C1. The smallest absolute Gasteiger partial charge is 0.0297 e. The van der Waals surface area contributed by atoms with Crippen molar-refractivity contribution in [3.8, 4) is 0 Å². The topological polar surface area (TPSA) is 29.3 Å². The fourth-order valence-corrected chi connectivity index (χ4v) is 3.38. The predicted molar refractivity (Wildman–Crippen MR) is 64.7 cm³/mol. The molecule has 0 spiro atoms. The summed E-state index contributed by atoms with van der Waals surface area (Å²) in [5, 5.41) is 0. The number of hydrogen-bond acceptors (Lipinski definition) is 2.